The summed E-state index contributed by atoms with van der Waals surface area (Å²) >= 11 is 11.8. The number of benzene rings is 1. The first-order chi connectivity index (χ1) is 9.44. The maximum absolute atomic E-state index is 11.6. The van der Waals surface area contributed by atoms with Crippen molar-refractivity contribution in [1.29, 1.82) is 0 Å². The summed E-state index contributed by atoms with van der Waals surface area (Å²) in [4.78, 5) is 13.3. The molecule has 1 unspecified atom stereocenters. The molecule has 2 amide bonds. The Bertz CT molecular complexity index is 470. The van der Waals surface area contributed by atoms with Crippen molar-refractivity contribution < 1.29 is 14.6 Å². The number of carbonyl (C=O) groups is 1. The highest BCUT2D eigenvalue weighted by atomic mass is 35.5. The number of urea groups is 1. The molecule has 0 radical (unpaired) electrons. The zero-order valence-corrected chi connectivity index (χ0v) is 12.5. The molecule has 1 aromatic carbocycles. The molecule has 0 saturated carbocycles. The van der Waals surface area contributed by atoms with Crippen LogP contribution < -0.4 is 10.1 Å². The van der Waals surface area contributed by atoms with Gasteiger partial charge in [-0.2, -0.15) is 0 Å². The molecule has 2 rings (SSSR count). The minimum atomic E-state index is -0.555. The van der Waals surface area contributed by atoms with Crippen molar-refractivity contribution in [3.63, 3.8) is 0 Å². The Balaban J connectivity index is 1.77. The minimum absolute atomic E-state index is 0.0677. The van der Waals surface area contributed by atoms with Crippen LogP contribution in [0, 0.1) is 0 Å². The van der Waals surface area contributed by atoms with Crippen LogP contribution in [0.1, 0.15) is 6.92 Å². The van der Waals surface area contributed by atoms with E-state index in [4.69, 9.17) is 33.0 Å². The molecule has 1 fully saturated rings. The zero-order valence-electron chi connectivity index (χ0n) is 11.0. The quantitative estimate of drug-likeness (QED) is 0.894. The van der Waals surface area contributed by atoms with Gasteiger partial charge >= 0.3 is 6.03 Å². The van der Waals surface area contributed by atoms with E-state index in [1.165, 1.54) is 0 Å². The smallest absolute Gasteiger partial charge is 0.317 e. The first-order valence-electron chi connectivity index (χ1n) is 6.27. The van der Waals surface area contributed by atoms with E-state index in [2.05, 4.69) is 5.32 Å². The van der Waals surface area contributed by atoms with Crippen molar-refractivity contribution in [3.05, 3.63) is 28.2 Å². The molecule has 5 nitrogen and oxygen atoms in total. The van der Waals surface area contributed by atoms with Gasteiger partial charge in [0, 0.05) is 16.6 Å². The maximum atomic E-state index is 11.6. The Morgan fingerprint density at radius 3 is 2.60 bits per heavy atom. The van der Waals surface area contributed by atoms with Crippen molar-refractivity contribution in [2.24, 2.45) is 0 Å². The molecule has 1 aliphatic rings. The van der Waals surface area contributed by atoms with Crippen LogP contribution in [0.4, 0.5) is 4.79 Å². The summed E-state index contributed by atoms with van der Waals surface area (Å²) in [6, 6.07) is 4.80. The molecule has 2 N–H and O–H groups in total. The Hall–Kier alpha value is -1.17. The molecule has 0 spiro atoms. The van der Waals surface area contributed by atoms with Crippen LogP contribution in [0.5, 0.6) is 5.75 Å². The van der Waals surface area contributed by atoms with Crippen LogP contribution in [-0.2, 0) is 0 Å². The molecule has 7 heteroatoms. The average Bonchev–Trinajstić information content (AvgIpc) is 2.29. The van der Waals surface area contributed by atoms with Gasteiger partial charge in [0.1, 0.15) is 11.9 Å². The lowest BCUT2D eigenvalue weighted by Gasteiger charge is -2.38. The van der Waals surface area contributed by atoms with Gasteiger partial charge in [0.15, 0.2) is 0 Å². The second-order valence-corrected chi connectivity index (χ2v) is 5.66. The monoisotopic (exact) mass is 318 g/mol. The van der Waals surface area contributed by atoms with Crippen molar-refractivity contribution in [1.82, 2.24) is 10.2 Å². The van der Waals surface area contributed by atoms with Crippen LogP contribution in [0.3, 0.4) is 0 Å². The first kappa shape index (κ1) is 15.2. The van der Waals surface area contributed by atoms with Gasteiger partial charge < -0.3 is 20.1 Å². The van der Waals surface area contributed by atoms with Crippen LogP contribution in [0.15, 0.2) is 18.2 Å². The molecule has 1 aliphatic heterocycles. The average molecular weight is 319 g/mol. The number of nitrogens with zero attached hydrogens (tertiary/aromatic N) is 1. The van der Waals surface area contributed by atoms with Crippen molar-refractivity contribution in [2.75, 3.05) is 19.6 Å². The maximum Gasteiger partial charge on any atom is 0.317 e. The standard InChI is InChI=1S/C13H16Cl2N2O3/c1-8(18)5-16-13(19)17-6-12(7-17)20-11-3-9(14)2-10(15)4-11/h2-4,8,12,18H,5-7H2,1H3,(H,16,19). The molecule has 1 aromatic rings. The number of carbonyl (C=O) groups excluding carboxylic acids is 1. The molecule has 110 valence electrons. The normalized spacial score (nSPS) is 16.5. The van der Waals surface area contributed by atoms with Crippen molar-refractivity contribution in [2.45, 2.75) is 19.1 Å². The summed E-state index contributed by atoms with van der Waals surface area (Å²) in [5.74, 6) is 0.594. The topological polar surface area (TPSA) is 61.8 Å². The summed E-state index contributed by atoms with van der Waals surface area (Å²) in [5, 5.41) is 12.7. The van der Waals surface area contributed by atoms with E-state index in [1.807, 2.05) is 0 Å². The lowest BCUT2D eigenvalue weighted by atomic mass is 10.2. The van der Waals surface area contributed by atoms with Gasteiger partial charge in [-0.05, 0) is 25.1 Å². The molecule has 0 bridgehead atoms. The molecule has 1 saturated heterocycles. The van der Waals surface area contributed by atoms with Gasteiger partial charge in [0.25, 0.3) is 0 Å². The van der Waals surface area contributed by atoms with Gasteiger partial charge in [-0.1, -0.05) is 23.2 Å². The second kappa shape index (κ2) is 6.52. The number of amides is 2. The van der Waals surface area contributed by atoms with E-state index >= 15 is 0 Å². The molecule has 1 atom stereocenters. The van der Waals surface area contributed by atoms with E-state index in [9.17, 15) is 4.79 Å². The summed E-state index contributed by atoms with van der Waals surface area (Å²) in [7, 11) is 0. The van der Waals surface area contributed by atoms with Crippen molar-refractivity contribution in [3.8, 4) is 5.75 Å². The van der Waals surface area contributed by atoms with Gasteiger partial charge in [-0.15, -0.1) is 0 Å². The Labute approximate surface area is 127 Å². The first-order valence-corrected chi connectivity index (χ1v) is 7.03. The molecule has 0 aromatic heterocycles. The highest BCUT2D eigenvalue weighted by Crippen LogP contribution is 2.26. The van der Waals surface area contributed by atoms with Gasteiger partial charge in [-0.3, -0.25) is 0 Å². The Morgan fingerprint density at radius 1 is 1.45 bits per heavy atom. The third kappa shape index (κ3) is 4.16. The minimum Gasteiger partial charge on any atom is -0.487 e. The third-order valence-corrected chi connectivity index (χ3v) is 3.26. The number of hydrogen-bond donors (Lipinski definition) is 2. The summed E-state index contributed by atoms with van der Waals surface area (Å²) in [6.07, 6.45) is -0.622. The van der Waals surface area contributed by atoms with E-state index in [-0.39, 0.29) is 18.7 Å². The predicted molar refractivity (Wildman–Crippen MR) is 77.5 cm³/mol. The largest absolute Gasteiger partial charge is 0.487 e. The van der Waals surface area contributed by atoms with Crippen LogP contribution in [0.2, 0.25) is 10.0 Å². The molecule has 0 aliphatic carbocycles. The van der Waals surface area contributed by atoms with Gasteiger partial charge in [0.2, 0.25) is 0 Å². The molecule has 1 heterocycles. The number of nitrogens with one attached hydrogen (secondary N) is 1. The van der Waals surface area contributed by atoms with Crippen LogP contribution in [0.25, 0.3) is 0 Å². The van der Waals surface area contributed by atoms with Crippen molar-refractivity contribution >= 4 is 29.2 Å². The van der Waals surface area contributed by atoms with E-state index in [1.54, 1.807) is 30.0 Å². The lowest BCUT2D eigenvalue weighted by molar-refractivity contribution is 0.0433. The van der Waals surface area contributed by atoms with Gasteiger partial charge in [0.05, 0.1) is 19.2 Å². The number of aliphatic hydroxyl groups excluding tert-OH is 1. The number of likely N-dealkylation sites (tertiary alicyclic amines) is 1. The molecular formula is C13H16Cl2N2O3. The SMILES string of the molecule is CC(O)CNC(=O)N1CC(Oc2cc(Cl)cc(Cl)c2)C1. The number of halogens is 2. The summed E-state index contributed by atoms with van der Waals surface area (Å²) in [6.45, 7) is 2.85. The number of hydrogen-bond acceptors (Lipinski definition) is 3. The summed E-state index contributed by atoms with van der Waals surface area (Å²) < 4.78 is 5.68. The highest BCUT2D eigenvalue weighted by molar-refractivity contribution is 6.34. The Morgan fingerprint density at radius 2 is 2.05 bits per heavy atom. The van der Waals surface area contributed by atoms with E-state index < -0.39 is 6.10 Å². The van der Waals surface area contributed by atoms with Crippen LogP contribution >= 0.6 is 23.2 Å². The fraction of sp³-hybridized carbons (Fsp3) is 0.462. The number of rotatable bonds is 4. The highest BCUT2D eigenvalue weighted by Gasteiger charge is 2.32. The predicted octanol–water partition coefficient (Wildman–Crippen LogP) is 2.15. The second-order valence-electron chi connectivity index (χ2n) is 4.79. The molecular weight excluding hydrogens is 303 g/mol. The summed E-state index contributed by atoms with van der Waals surface area (Å²) in [5.41, 5.74) is 0. The third-order valence-electron chi connectivity index (χ3n) is 2.82. The zero-order chi connectivity index (χ0) is 14.7. The fourth-order valence-electron chi connectivity index (χ4n) is 1.81. The lowest BCUT2D eigenvalue weighted by Crippen LogP contribution is -2.59. The van der Waals surface area contributed by atoms with Crippen LogP contribution in [-0.4, -0.2) is 47.9 Å². The molecule has 20 heavy (non-hydrogen) atoms. The number of aliphatic hydroxyl groups is 1. The van der Waals surface area contributed by atoms with E-state index in [0.29, 0.717) is 28.9 Å². The fourth-order valence-corrected chi connectivity index (χ4v) is 2.32. The van der Waals surface area contributed by atoms with Gasteiger partial charge in [-0.25, -0.2) is 4.79 Å². The van der Waals surface area contributed by atoms with E-state index in [0.717, 1.165) is 0 Å². The Kier molecular flexibility index (Phi) is 4.96. The number of ether oxygens (including phenoxy) is 1.